The summed E-state index contributed by atoms with van der Waals surface area (Å²) in [5.74, 6) is -1.56. The standard InChI is InChI=1S/C26H21N3O4S/c1-33-25(32)20-8-4-5-9-22(20)29-14-19(13-23(29)30)24(31)28-26-27-21(15-34-26)18-11-10-16-6-2-3-7-17(16)12-18/h2-12,15,19H,13-14H2,1H3,(H,27,28,31). The van der Waals surface area contributed by atoms with Crippen molar-refractivity contribution in [1.29, 1.82) is 0 Å². The number of para-hydroxylation sites is 1. The Balaban J connectivity index is 1.30. The van der Waals surface area contributed by atoms with Gasteiger partial charge in [-0.3, -0.25) is 9.59 Å². The number of aromatic nitrogens is 1. The summed E-state index contributed by atoms with van der Waals surface area (Å²) in [4.78, 5) is 43.7. The minimum absolute atomic E-state index is 0.0598. The van der Waals surface area contributed by atoms with Gasteiger partial charge in [-0.1, -0.05) is 48.5 Å². The van der Waals surface area contributed by atoms with Crippen molar-refractivity contribution in [3.05, 3.63) is 77.7 Å². The fraction of sp³-hybridized carbons (Fsp3) is 0.154. The van der Waals surface area contributed by atoms with Crippen LogP contribution >= 0.6 is 11.3 Å². The van der Waals surface area contributed by atoms with Crippen LogP contribution in [0.15, 0.2) is 72.1 Å². The fourth-order valence-electron chi connectivity index (χ4n) is 4.13. The van der Waals surface area contributed by atoms with Gasteiger partial charge in [-0.25, -0.2) is 9.78 Å². The van der Waals surface area contributed by atoms with Crippen LogP contribution in [0.3, 0.4) is 0 Å². The highest BCUT2D eigenvalue weighted by Crippen LogP contribution is 2.31. The molecular weight excluding hydrogens is 450 g/mol. The molecular formula is C26H21N3O4S. The molecule has 1 saturated heterocycles. The summed E-state index contributed by atoms with van der Waals surface area (Å²) in [6.07, 6.45) is 0.0598. The van der Waals surface area contributed by atoms with Gasteiger partial charge in [0.2, 0.25) is 11.8 Å². The molecule has 34 heavy (non-hydrogen) atoms. The highest BCUT2D eigenvalue weighted by Gasteiger charge is 2.37. The van der Waals surface area contributed by atoms with Crippen molar-refractivity contribution in [2.24, 2.45) is 5.92 Å². The Bertz CT molecular complexity index is 1410. The number of benzene rings is 3. The van der Waals surface area contributed by atoms with E-state index in [1.807, 2.05) is 29.6 Å². The summed E-state index contributed by atoms with van der Waals surface area (Å²) in [6.45, 7) is 0.182. The lowest BCUT2D eigenvalue weighted by Gasteiger charge is -2.19. The van der Waals surface area contributed by atoms with Crippen LogP contribution in [-0.4, -0.2) is 36.4 Å². The molecule has 1 aliphatic rings. The number of hydrogen-bond acceptors (Lipinski definition) is 6. The topological polar surface area (TPSA) is 88.6 Å². The predicted molar refractivity (Wildman–Crippen MR) is 132 cm³/mol. The van der Waals surface area contributed by atoms with E-state index in [2.05, 4.69) is 28.5 Å². The molecule has 5 rings (SSSR count). The maximum Gasteiger partial charge on any atom is 0.339 e. The largest absolute Gasteiger partial charge is 0.465 e. The summed E-state index contributed by atoms with van der Waals surface area (Å²) in [5.41, 5.74) is 2.49. The molecule has 4 aromatic rings. The first-order valence-electron chi connectivity index (χ1n) is 10.8. The Morgan fingerprint density at radius 1 is 1.06 bits per heavy atom. The third-order valence-electron chi connectivity index (χ3n) is 5.88. The van der Waals surface area contributed by atoms with Crippen molar-refractivity contribution in [3.8, 4) is 11.3 Å². The van der Waals surface area contributed by atoms with Gasteiger partial charge in [-0.2, -0.15) is 0 Å². The molecule has 2 heterocycles. The second-order valence-electron chi connectivity index (χ2n) is 8.00. The minimum Gasteiger partial charge on any atom is -0.465 e. The summed E-state index contributed by atoms with van der Waals surface area (Å²) in [5, 5.41) is 7.50. The monoisotopic (exact) mass is 471 g/mol. The molecule has 7 nitrogen and oxygen atoms in total. The van der Waals surface area contributed by atoms with Gasteiger partial charge in [0.25, 0.3) is 0 Å². The minimum atomic E-state index is -0.550. The zero-order chi connectivity index (χ0) is 23.7. The van der Waals surface area contributed by atoms with E-state index in [0.717, 1.165) is 22.0 Å². The van der Waals surface area contributed by atoms with Crippen LogP contribution in [0.1, 0.15) is 16.8 Å². The zero-order valence-electron chi connectivity index (χ0n) is 18.4. The molecule has 1 N–H and O–H groups in total. The van der Waals surface area contributed by atoms with E-state index in [1.54, 1.807) is 24.3 Å². The first kappa shape index (κ1) is 21.8. The SMILES string of the molecule is COC(=O)c1ccccc1N1CC(C(=O)Nc2nc(-c3ccc4ccccc4c3)cs2)CC1=O. The molecule has 2 amide bonds. The van der Waals surface area contributed by atoms with Crippen LogP contribution in [0.4, 0.5) is 10.8 Å². The number of nitrogens with zero attached hydrogens (tertiary/aromatic N) is 2. The zero-order valence-corrected chi connectivity index (χ0v) is 19.2. The van der Waals surface area contributed by atoms with Gasteiger partial charge in [0, 0.05) is 23.9 Å². The summed E-state index contributed by atoms with van der Waals surface area (Å²) >= 11 is 1.34. The number of ether oxygens (including phenoxy) is 1. The average molecular weight is 472 g/mol. The average Bonchev–Trinajstić information content (AvgIpc) is 3.50. The second kappa shape index (κ2) is 9.07. The Hall–Kier alpha value is -4.04. The van der Waals surface area contributed by atoms with E-state index >= 15 is 0 Å². The number of methoxy groups -OCH3 is 1. The van der Waals surface area contributed by atoms with Gasteiger partial charge in [-0.05, 0) is 29.0 Å². The molecule has 0 spiro atoms. The number of hydrogen-bond donors (Lipinski definition) is 1. The number of thiazole rings is 1. The lowest BCUT2D eigenvalue weighted by Crippen LogP contribution is -2.29. The number of fused-ring (bicyclic) bond motifs is 1. The lowest BCUT2D eigenvalue weighted by molar-refractivity contribution is -0.122. The van der Waals surface area contributed by atoms with Gasteiger partial charge in [0.05, 0.1) is 30.0 Å². The first-order valence-corrected chi connectivity index (χ1v) is 11.6. The molecule has 1 unspecified atom stereocenters. The van der Waals surface area contributed by atoms with Crippen molar-refractivity contribution in [2.45, 2.75) is 6.42 Å². The summed E-state index contributed by atoms with van der Waals surface area (Å²) in [6, 6.07) is 21.0. The maximum atomic E-state index is 12.9. The number of carbonyl (C=O) groups is 3. The molecule has 0 radical (unpaired) electrons. The molecule has 0 saturated carbocycles. The van der Waals surface area contributed by atoms with Crippen molar-refractivity contribution >= 4 is 50.7 Å². The van der Waals surface area contributed by atoms with Gasteiger partial charge in [-0.15, -0.1) is 11.3 Å². The van der Waals surface area contributed by atoms with Crippen LogP contribution in [-0.2, 0) is 14.3 Å². The van der Waals surface area contributed by atoms with Crippen molar-refractivity contribution < 1.29 is 19.1 Å². The number of esters is 1. The van der Waals surface area contributed by atoms with Crippen LogP contribution in [0.5, 0.6) is 0 Å². The third kappa shape index (κ3) is 4.15. The number of rotatable bonds is 5. The van der Waals surface area contributed by atoms with Crippen molar-refractivity contribution in [3.63, 3.8) is 0 Å². The van der Waals surface area contributed by atoms with Crippen LogP contribution in [0, 0.1) is 5.92 Å². The molecule has 3 aromatic carbocycles. The quantitative estimate of drug-likeness (QED) is 0.425. The van der Waals surface area contributed by atoms with E-state index in [-0.39, 0.29) is 24.8 Å². The molecule has 1 aromatic heterocycles. The molecule has 1 aliphatic heterocycles. The summed E-state index contributed by atoms with van der Waals surface area (Å²) in [7, 11) is 1.29. The second-order valence-corrected chi connectivity index (χ2v) is 8.86. The highest BCUT2D eigenvalue weighted by atomic mass is 32.1. The summed E-state index contributed by atoms with van der Waals surface area (Å²) < 4.78 is 4.82. The van der Waals surface area contributed by atoms with E-state index < -0.39 is 11.9 Å². The van der Waals surface area contributed by atoms with E-state index in [0.29, 0.717) is 16.4 Å². The Morgan fingerprint density at radius 2 is 1.82 bits per heavy atom. The van der Waals surface area contributed by atoms with Crippen LogP contribution in [0.2, 0.25) is 0 Å². The molecule has 1 fully saturated rings. The number of carbonyl (C=O) groups excluding carboxylic acids is 3. The normalized spacial score (nSPS) is 15.5. The van der Waals surface area contributed by atoms with E-state index in [4.69, 9.17) is 4.74 Å². The van der Waals surface area contributed by atoms with E-state index in [1.165, 1.54) is 23.3 Å². The fourth-order valence-corrected chi connectivity index (χ4v) is 4.85. The highest BCUT2D eigenvalue weighted by molar-refractivity contribution is 7.14. The van der Waals surface area contributed by atoms with Crippen molar-refractivity contribution in [2.75, 3.05) is 23.9 Å². The van der Waals surface area contributed by atoms with Crippen molar-refractivity contribution in [1.82, 2.24) is 4.98 Å². The van der Waals surface area contributed by atoms with Crippen LogP contribution in [0.25, 0.3) is 22.0 Å². The van der Waals surface area contributed by atoms with Gasteiger partial charge in [0.1, 0.15) is 0 Å². The van der Waals surface area contributed by atoms with Gasteiger partial charge >= 0.3 is 5.97 Å². The molecule has 8 heteroatoms. The Morgan fingerprint density at radius 3 is 2.65 bits per heavy atom. The first-order chi connectivity index (χ1) is 16.5. The third-order valence-corrected chi connectivity index (χ3v) is 6.63. The molecule has 170 valence electrons. The molecule has 0 aliphatic carbocycles. The van der Waals surface area contributed by atoms with Gasteiger partial charge in [0.15, 0.2) is 5.13 Å². The smallest absolute Gasteiger partial charge is 0.339 e. The number of amides is 2. The number of anilines is 2. The Kier molecular flexibility index (Phi) is 5.81. The molecule has 1 atom stereocenters. The van der Waals surface area contributed by atoms with Gasteiger partial charge < -0.3 is 15.0 Å². The maximum absolute atomic E-state index is 12.9. The van der Waals surface area contributed by atoms with Crippen LogP contribution < -0.4 is 10.2 Å². The predicted octanol–water partition coefficient (Wildman–Crippen LogP) is 4.74. The van der Waals surface area contributed by atoms with E-state index in [9.17, 15) is 14.4 Å². The Labute approximate surface area is 200 Å². The number of nitrogens with one attached hydrogen (secondary N) is 1. The lowest BCUT2D eigenvalue weighted by atomic mass is 10.1. The molecule has 0 bridgehead atoms.